The van der Waals surface area contributed by atoms with Crippen molar-refractivity contribution in [1.29, 1.82) is 0 Å². The smallest absolute Gasteiger partial charge is 0.306 e. The van der Waals surface area contributed by atoms with E-state index in [0.29, 0.717) is 12.8 Å². The van der Waals surface area contributed by atoms with Crippen LogP contribution in [0.3, 0.4) is 0 Å². The van der Waals surface area contributed by atoms with E-state index in [1.54, 1.807) is 0 Å². The van der Waals surface area contributed by atoms with Gasteiger partial charge in [-0.1, -0.05) is 150 Å². The van der Waals surface area contributed by atoms with Gasteiger partial charge in [-0.15, -0.1) is 0 Å². The third kappa shape index (κ3) is 37.9. The molecule has 1 unspecified atom stereocenters. The maximum atomic E-state index is 12.2. The molecule has 50 heavy (non-hydrogen) atoms. The standard InChI is InChI=1S/C45H74O5/c1-3-5-7-9-11-13-15-17-19-21-22-24-25-27-29-31-33-35-37-39-44(47)49-42-43(41-46)50-45(48)40-38-36-34-32-30-28-26-23-20-18-16-14-12-10-8-6-4-2/h5,7,11-14,17-20,22,24,27,29,43,46H,3-4,6,8-10,15-16,21,23,25-26,28,30-42H2,1-2H3. The van der Waals surface area contributed by atoms with E-state index in [1.807, 2.05) is 0 Å². The molecule has 0 saturated carbocycles. The summed E-state index contributed by atoms with van der Waals surface area (Å²) in [6, 6.07) is 0. The second-order valence-corrected chi connectivity index (χ2v) is 13.0. The van der Waals surface area contributed by atoms with Crippen LogP contribution in [0.25, 0.3) is 0 Å². The van der Waals surface area contributed by atoms with Gasteiger partial charge in [0.25, 0.3) is 0 Å². The Bertz CT molecular complexity index is 968. The fourth-order valence-electron chi connectivity index (χ4n) is 5.14. The number of ether oxygens (including phenoxy) is 2. The average Bonchev–Trinajstić information content (AvgIpc) is 3.12. The lowest BCUT2D eigenvalue weighted by molar-refractivity contribution is -0.161. The molecule has 0 saturated heterocycles. The van der Waals surface area contributed by atoms with Crippen molar-refractivity contribution in [2.45, 2.75) is 174 Å². The van der Waals surface area contributed by atoms with Gasteiger partial charge in [0.2, 0.25) is 0 Å². The number of allylic oxidation sites excluding steroid dienone is 14. The van der Waals surface area contributed by atoms with Gasteiger partial charge in [0.1, 0.15) is 6.61 Å². The van der Waals surface area contributed by atoms with Crippen LogP contribution in [0.1, 0.15) is 168 Å². The molecule has 0 bridgehead atoms. The average molecular weight is 695 g/mol. The lowest BCUT2D eigenvalue weighted by Crippen LogP contribution is -2.28. The van der Waals surface area contributed by atoms with Crippen LogP contribution < -0.4 is 0 Å². The lowest BCUT2D eigenvalue weighted by Gasteiger charge is -2.15. The Balaban J connectivity index is 3.67. The number of aliphatic hydroxyl groups excluding tert-OH is 1. The SMILES string of the molecule is CCC=CCC=CCC=CCC=CCC=CCCCCCC(=O)OCC(CO)OC(=O)CCCCCCCCCC=CCC=CCCCCC. The highest BCUT2D eigenvalue weighted by molar-refractivity contribution is 5.70. The Morgan fingerprint density at radius 3 is 1.32 bits per heavy atom. The summed E-state index contributed by atoms with van der Waals surface area (Å²) in [5.41, 5.74) is 0. The van der Waals surface area contributed by atoms with E-state index in [0.717, 1.165) is 89.9 Å². The van der Waals surface area contributed by atoms with Crippen molar-refractivity contribution in [2.24, 2.45) is 0 Å². The largest absolute Gasteiger partial charge is 0.462 e. The third-order valence-corrected chi connectivity index (χ3v) is 8.17. The van der Waals surface area contributed by atoms with Gasteiger partial charge in [0, 0.05) is 12.8 Å². The maximum Gasteiger partial charge on any atom is 0.306 e. The monoisotopic (exact) mass is 695 g/mol. The summed E-state index contributed by atoms with van der Waals surface area (Å²) >= 11 is 0. The number of aliphatic hydroxyl groups is 1. The molecule has 0 fully saturated rings. The molecule has 5 nitrogen and oxygen atoms in total. The van der Waals surface area contributed by atoms with Crippen molar-refractivity contribution in [3.05, 3.63) is 85.1 Å². The minimum Gasteiger partial charge on any atom is -0.462 e. The number of hydrogen-bond acceptors (Lipinski definition) is 5. The summed E-state index contributed by atoms with van der Waals surface area (Å²) in [5, 5.41) is 9.56. The molecule has 0 heterocycles. The molecule has 0 aromatic rings. The van der Waals surface area contributed by atoms with Crippen molar-refractivity contribution in [3.8, 4) is 0 Å². The van der Waals surface area contributed by atoms with Gasteiger partial charge in [-0.25, -0.2) is 0 Å². The molecule has 0 spiro atoms. The summed E-state index contributed by atoms with van der Waals surface area (Å²) in [7, 11) is 0. The molecule has 0 aliphatic carbocycles. The van der Waals surface area contributed by atoms with Crippen molar-refractivity contribution in [2.75, 3.05) is 13.2 Å². The van der Waals surface area contributed by atoms with Crippen molar-refractivity contribution >= 4 is 11.9 Å². The van der Waals surface area contributed by atoms with E-state index in [9.17, 15) is 14.7 Å². The van der Waals surface area contributed by atoms with Crippen LogP contribution in [-0.2, 0) is 19.1 Å². The normalized spacial score (nSPS) is 13.1. The van der Waals surface area contributed by atoms with Gasteiger partial charge in [-0.3, -0.25) is 9.59 Å². The van der Waals surface area contributed by atoms with E-state index < -0.39 is 6.10 Å². The van der Waals surface area contributed by atoms with E-state index in [-0.39, 0.29) is 25.2 Å². The van der Waals surface area contributed by atoms with E-state index in [2.05, 4.69) is 98.9 Å². The van der Waals surface area contributed by atoms with E-state index in [4.69, 9.17) is 9.47 Å². The minimum atomic E-state index is -0.794. The highest BCUT2D eigenvalue weighted by Crippen LogP contribution is 2.12. The second-order valence-electron chi connectivity index (χ2n) is 13.0. The topological polar surface area (TPSA) is 72.8 Å². The zero-order chi connectivity index (χ0) is 36.4. The molecular weight excluding hydrogens is 620 g/mol. The number of carbonyl (C=O) groups is 2. The molecule has 284 valence electrons. The summed E-state index contributed by atoms with van der Waals surface area (Å²) < 4.78 is 10.6. The van der Waals surface area contributed by atoms with Crippen LogP contribution in [-0.4, -0.2) is 36.4 Å². The first-order chi connectivity index (χ1) is 24.6. The number of rotatable bonds is 35. The van der Waals surface area contributed by atoms with Gasteiger partial charge >= 0.3 is 11.9 Å². The highest BCUT2D eigenvalue weighted by atomic mass is 16.6. The molecule has 5 heteroatoms. The molecule has 1 N–H and O–H groups in total. The first-order valence-electron chi connectivity index (χ1n) is 20.1. The molecular formula is C45H74O5. The maximum absolute atomic E-state index is 12.2. The number of unbranched alkanes of at least 4 members (excludes halogenated alkanes) is 13. The summed E-state index contributed by atoms with van der Waals surface area (Å²) in [4.78, 5) is 24.3. The van der Waals surface area contributed by atoms with Crippen LogP contribution >= 0.6 is 0 Å². The molecule has 0 amide bonds. The van der Waals surface area contributed by atoms with Crippen LogP contribution in [0.2, 0.25) is 0 Å². The molecule has 0 aliphatic rings. The van der Waals surface area contributed by atoms with Crippen LogP contribution in [0.4, 0.5) is 0 Å². The molecule has 1 atom stereocenters. The van der Waals surface area contributed by atoms with Crippen molar-refractivity contribution < 1.29 is 24.2 Å². The number of carbonyl (C=O) groups excluding carboxylic acids is 2. The second kappa shape index (κ2) is 40.5. The van der Waals surface area contributed by atoms with Crippen LogP contribution in [0, 0.1) is 0 Å². The Kier molecular flexibility index (Phi) is 38.1. The van der Waals surface area contributed by atoms with Gasteiger partial charge in [0.15, 0.2) is 6.10 Å². The van der Waals surface area contributed by atoms with E-state index >= 15 is 0 Å². The van der Waals surface area contributed by atoms with Crippen LogP contribution in [0.5, 0.6) is 0 Å². The summed E-state index contributed by atoms with van der Waals surface area (Å²) in [6.07, 6.45) is 54.9. The molecule has 0 aromatic heterocycles. The molecule has 0 rings (SSSR count). The molecule has 0 aromatic carbocycles. The van der Waals surface area contributed by atoms with Crippen LogP contribution in [0.15, 0.2) is 85.1 Å². The van der Waals surface area contributed by atoms with Gasteiger partial charge in [-0.2, -0.15) is 0 Å². The Hall–Kier alpha value is -2.92. The number of hydrogen-bond donors (Lipinski definition) is 1. The summed E-state index contributed by atoms with van der Waals surface area (Å²) in [5.74, 6) is -0.645. The predicted octanol–water partition coefficient (Wildman–Crippen LogP) is 12.7. The van der Waals surface area contributed by atoms with Gasteiger partial charge in [0.05, 0.1) is 6.61 Å². The Morgan fingerprint density at radius 2 is 0.860 bits per heavy atom. The lowest BCUT2D eigenvalue weighted by atomic mass is 10.1. The minimum absolute atomic E-state index is 0.0912. The first-order valence-corrected chi connectivity index (χ1v) is 20.1. The first kappa shape index (κ1) is 47.1. The molecule has 0 aliphatic heterocycles. The fourth-order valence-corrected chi connectivity index (χ4v) is 5.14. The van der Waals surface area contributed by atoms with Crippen molar-refractivity contribution in [1.82, 2.24) is 0 Å². The Morgan fingerprint density at radius 1 is 0.480 bits per heavy atom. The predicted molar refractivity (Wildman–Crippen MR) is 214 cm³/mol. The number of esters is 2. The van der Waals surface area contributed by atoms with Gasteiger partial charge < -0.3 is 14.6 Å². The van der Waals surface area contributed by atoms with Crippen molar-refractivity contribution in [3.63, 3.8) is 0 Å². The third-order valence-electron chi connectivity index (χ3n) is 8.17. The zero-order valence-electron chi connectivity index (χ0n) is 32.1. The molecule has 0 radical (unpaired) electrons. The van der Waals surface area contributed by atoms with E-state index in [1.165, 1.54) is 51.4 Å². The summed E-state index contributed by atoms with van der Waals surface area (Å²) in [6.45, 7) is 3.95. The highest BCUT2D eigenvalue weighted by Gasteiger charge is 2.16. The Labute approximate surface area is 307 Å². The van der Waals surface area contributed by atoms with Gasteiger partial charge in [-0.05, 0) is 89.9 Å². The quantitative estimate of drug-likeness (QED) is 0.0406. The zero-order valence-corrected chi connectivity index (χ0v) is 32.1. The fraction of sp³-hybridized carbons (Fsp3) is 0.644.